The minimum absolute atomic E-state index is 0.322. The van der Waals surface area contributed by atoms with E-state index in [2.05, 4.69) is 39.3 Å². The van der Waals surface area contributed by atoms with Gasteiger partial charge in [-0.05, 0) is 53.6 Å². The smallest absolute Gasteiger partial charge is 0.0122 e. The second kappa shape index (κ2) is 7.92. The number of rotatable bonds is 8. The Morgan fingerprint density at radius 3 is 2.07 bits per heavy atom. The standard InChI is InChI=1S/C14H29N/c1-6-7-8-9-10-11-12-13-15(5)14(2,3)4/h6H,1,7-13H2,2-5H3. The highest BCUT2D eigenvalue weighted by molar-refractivity contribution is 4.72. The molecule has 0 N–H and O–H groups in total. The molecule has 1 nitrogen and oxygen atoms in total. The molecule has 0 aromatic carbocycles. The lowest BCUT2D eigenvalue weighted by atomic mass is 10.1. The molecule has 0 radical (unpaired) electrons. The van der Waals surface area contributed by atoms with Crippen molar-refractivity contribution in [1.29, 1.82) is 0 Å². The Morgan fingerprint density at radius 2 is 1.53 bits per heavy atom. The summed E-state index contributed by atoms with van der Waals surface area (Å²) in [7, 11) is 2.22. The molecular formula is C14H29N. The zero-order valence-corrected chi connectivity index (χ0v) is 11.2. The number of nitrogens with zero attached hydrogens (tertiary/aromatic N) is 1. The lowest BCUT2D eigenvalue weighted by molar-refractivity contribution is 0.172. The van der Waals surface area contributed by atoms with Gasteiger partial charge in [0.25, 0.3) is 0 Å². The number of hydrogen-bond acceptors (Lipinski definition) is 1. The highest BCUT2D eigenvalue weighted by Crippen LogP contribution is 2.12. The Bertz CT molecular complexity index is 155. The first-order chi connectivity index (χ1) is 6.98. The van der Waals surface area contributed by atoms with Crippen molar-refractivity contribution in [2.45, 2.75) is 64.8 Å². The molecular weight excluding hydrogens is 182 g/mol. The summed E-state index contributed by atoms with van der Waals surface area (Å²) in [5.41, 5.74) is 0.322. The normalized spacial score (nSPS) is 12.1. The van der Waals surface area contributed by atoms with Crippen LogP contribution in [0.4, 0.5) is 0 Å². The van der Waals surface area contributed by atoms with Gasteiger partial charge in [0.05, 0.1) is 0 Å². The van der Waals surface area contributed by atoms with Gasteiger partial charge in [-0.1, -0.05) is 25.3 Å². The molecule has 0 aromatic rings. The summed E-state index contributed by atoms with van der Waals surface area (Å²) in [5, 5.41) is 0. The van der Waals surface area contributed by atoms with Crippen LogP contribution in [0.2, 0.25) is 0 Å². The third-order valence-electron chi connectivity index (χ3n) is 3.05. The molecule has 0 atom stereocenters. The van der Waals surface area contributed by atoms with Gasteiger partial charge in [-0.2, -0.15) is 0 Å². The van der Waals surface area contributed by atoms with Crippen LogP contribution in [0.3, 0.4) is 0 Å². The second-order valence-corrected chi connectivity index (χ2v) is 5.44. The van der Waals surface area contributed by atoms with Crippen LogP contribution in [0.1, 0.15) is 59.3 Å². The van der Waals surface area contributed by atoms with Crippen LogP contribution in [0, 0.1) is 0 Å². The van der Waals surface area contributed by atoms with Crippen molar-refractivity contribution in [3.63, 3.8) is 0 Å². The van der Waals surface area contributed by atoms with E-state index in [4.69, 9.17) is 0 Å². The van der Waals surface area contributed by atoms with Crippen molar-refractivity contribution < 1.29 is 0 Å². The van der Waals surface area contributed by atoms with E-state index in [1.807, 2.05) is 6.08 Å². The highest BCUT2D eigenvalue weighted by Gasteiger charge is 2.15. The monoisotopic (exact) mass is 211 g/mol. The largest absolute Gasteiger partial charge is 0.302 e. The van der Waals surface area contributed by atoms with Crippen LogP contribution >= 0.6 is 0 Å². The minimum Gasteiger partial charge on any atom is -0.302 e. The number of allylic oxidation sites excluding steroid dienone is 1. The molecule has 0 aliphatic carbocycles. The van der Waals surface area contributed by atoms with Crippen molar-refractivity contribution in [2.24, 2.45) is 0 Å². The Kier molecular flexibility index (Phi) is 7.76. The predicted molar refractivity (Wildman–Crippen MR) is 70.3 cm³/mol. The van der Waals surface area contributed by atoms with Gasteiger partial charge in [-0.25, -0.2) is 0 Å². The molecule has 0 spiro atoms. The quantitative estimate of drug-likeness (QED) is 0.429. The van der Waals surface area contributed by atoms with Crippen molar-refractivity contribution in [1.82, 2.24) is 4.90 Å². The highest BCUT2D eigenvalue weighted by atomic mass is 15.1. The van der Waals surface area contributed by atoms with Crippen LogP contribution in [0.5, 0.6) is 0 Å². The van der Waals surface area contributed by atoms with Gasteiger partial charge in [0.1, 0.15) is 0 Å². The van der Waals surface area contributed by atoms with E-state index in [-0.39, 0.29) is 0 Å². The van der Waals surface area contributed by atoms with Crippen LogP contribution in [-0.2, 0) is 0 Å². The summed E-state index contributed by atoms with van der Waals surface area (Å²) >= 11 is 0. The first-order valence-electron chi connectivity index (χ1n) is 6.30. The van der Waals surface area contributed by atoms with E-state index >= 15 is 0 Å². The lowest BCUT2D eigenvalue weighted by Gasteiger charge is -2.31. The first-order valence-corrected chi connectivity index (χ1v) is 6.30. The van der Waals surface area contributed by atoms with Gasteiger partial charge < -0.3 is 4.90 Å². The van der Waals surface area contributed by atoms with E-state index in [0.29, 0.717) is 5.54 Å². The Morgan fingerprint density at radius 1 is 1.00 bits per heavy atom. The fraction of sp³-hybridized carbons (Fsp3) is 0.857. The zero-order valence-electron chi connectivity index (χ0n) is 11.2. The van der Waals surface area contributed by atoms with Crippen LogP contribution in [0.25, 0.3) is 0 Å². The lowest BCUT2D eigenvalue weighted by Crippen LogP contribution is -2.38. The molecule has 0 aliphatic heterocycles. The van der Waals surface area contributed by atoms with E-state index in [0.717, 1.165) is 0 Å². The average molecular weight is 211 g/mol. The van der Waals surface area contributed by atoms with E-state index < -0.39 is 0 Å². The van der Waals surface area contributed by atoms with Crippen molar-refractivity contribution in [3.8, 4) is 0 Å². The molecule has 0 amide bonds. The fourth-order valence-electron chi connectivity index (χ4n) is 1.50. The summed E-state index contributed by atoms with van der Waals surface area (Å²) in [5.74, 6) is 0. The second-order valence-electron chi connectivity index (χ2n) is 5.44. The molecule has 0 saturated heterocycles. The van der Waals surface area contributed by atoms with Crippen LogP contribution < -0.4 is 0 Å². The molecule has 0 heterocycles. The molecule has 0 rings (SSSR count). The molecule has 0 saturated carbocycles. The summed E-state index contributed by atoms with van der Waals surface area (Å²) < 4.78 is 0. The SMILES string of the molecule is C=CCCCCCCCN(C)C(C)(C)C. The van der Waals surface area contributed by atoms with Gasteiger partial charge >= 0.3 is 0 Å². The molecule has 90 valence electrons. The molecule has 1 heteroatoms. The maximum Gasteiger partial charge on any atom is 0.0122 e. The van der Waals surface area contributed by atoms with Gasteiger partial charge in [0, 0.05) is 5.54 Å². The van der Waals surface area contributed by atoms with Crippen LogP contribution in [0.15, 0.2) is 12.7 Å². The third-order valence-corrected chi connectivity index (χ3v) is 3.05. The number of unbranched alkanes of at least 4 members (excludes halogenated alkanes) is 5. The Balaban J connectivity index is 3.27. The van der Waals surface area contributed by atoms with Gasteiger partial charge in [-0.15, -0.1) is 6.58 Å². The van der Waals surface area contributed by atoms with E-state index in [1.54, 1.807) is 0 Å². The van der Waals surface area contributed by atoms with Gasteiger partial charge in [-0.3, -0.25) is 0 Å². The van der Waals surface area contributed by atoms with E-state index in [9.17, 15) is 0 Å². The summed E-state index contributed by atoms with van der Waals surface area (Å²) in [6.07, 6.45) is 9.98. The molecule has 15 heavy (non-hydrogen) atoms. The summed E-state index contributed by atoms with van der Waals surface area (Å²) in [4.78, 5) is 2.44. The Hall–Kier alpha value is -0.300. The van der Waals surface area contributed by atoms with Crippen LogP contribution in [-0.4, -0.2) is 24.0 Å². The summed E-state index contributed by atoms with van der Waals surface area (Å²) in [6.45, 7) is 11.8. The molecule has 0 unspecified atom stereocenters. The fourth-order valence-corrected chi connectivity index (χ4v) is 1.50. The maximum atomic E-state index is 3.74. The molecule has 0 aliphatic rings. The number of hydrogen-bond donors (Lipinski definition) is 0. The van der Waals surface area contributed by atoms with Gasteiger partial charge in [0.15, 0.2) is 0 Å². The zero-order chi connectivity index (χ0) is 11.7. The topological polar surface area (TPSA) is 3.24 Å². The third kappa shape index (κ3) is 8.68. The minimum atomic E-state index is 0.322. The molecule has 0 fully saturated rings. The van der Waals surface area contributed by atoms with Gasteiger partial charge in [0.2, 0.25) is 0 Å². The Labute approximate surface area is 96.6 Å². The summed E-state index contributed by atoms with van der Waals surface area (Å²) in [6, 6.07) is 0. The van der Waals surface area contributed by atoms with Crippen molar-refractivity contribution in [3.05, 3.63) is 12.7 Å². The average Bonchev–Trinajstić information content (AvgIpc) is 2.14. The first kappa shape index (κ1) is 14.7. The molecule has 0 bridgehead atoms. The molecule has 0 aromatic heterocycles. The maximum absolute atomic E-state index is 3.74. The van der Waals surface area contributed by atoms with Crippen molar-refractivity contribution >= 4 is 0 Å². The van der Waals surface area contributed by atoms with E-state index in [1.165, 1.54) is 45.1 Å². The van der Waals surface area contributed by atoms with Crippen molar-refractivity contribution in [2.75, 3.05) is 13.6 Å². The predicted octanol–water partition coefficient (Wildman–Crippen LogP) is 4.24.